The molecular weight excluding hydrogens is 278 g/mol. The average molecular weight is 299 g/mol. The fraction of sp³-hybridized carbons (Fsp3) is 0.278. The van der Waals surface area contributed by atoms with E-state index in [0.29, 0.717) is 24.5 Å². The van der Waals surface area contributed by atoms with E-state index in [-0.39, 0.29) is 5.91 Å². The monoisotopic (exact) mass is 299 g/mol. The number of nitrogens with one attached hydrogen (secondary N) is 1. The van der Waals surface area contributed by atoms with Crippen molar-refractivity contribution in [2.45, 2.75) is 12.8 Å². The number of carbonyl (C=O) groups excluding carboxylic acids is 1. The fourth-order valence-corrected chi connectivity index (χ4v) is 2.06. The summed E-state index contributed by atoms with van der Waals surface area (Å²) in [5.74, 6) is 1.36. The zero-order chi connectivity index (χ0) is 15.6. The molecule has 0 saturated carbocycles. The number of unbranched alkanes of at least 4 members (excludes halogenated alkanes) is 1. The maximum Gasteiger partial charge on any atom is 0.255 e. The molecule has 0 fully saturated rings. The van der Waals surface area contributed by atoms with Crippen molar-refractivity contribution in [3.8, 4) is 11.5 Å². The lowest BCUT2D eigenvalue weighted by atomic mass is 10.2. The Balaban J connectivity index is 1.65. The number of rotatable bonds is 8. The number of methoxy groups -OCH3 is 1. The van der Waals surface area contributed by atoms with Crippen LogP contribution in [0.2, 0.25) is 0 Å². The smallest absolute Gasteiger partial charge is 0.255 e. The predicted molar refractivity (Wildman–Crippen MR) is 86.5 cm³/mol. The summed E-state index contributed by atoms with van der Waals surface area (Å²) in [5.41, 5.74) is 0.561. The van der Waals surface area contributed by atoms with E-state index < -0.39 is 0 Å². The van der Waals surface area contributed by atoms with Crippen molar-refractivity contribution >= 4 is 5.91 Å². The second-order valence-electron chi connectivity index (χ2n) is 4.82. The number of hydrogen-bond donors (Lipinski definition) is 1. The van der Waals surface area contributed by atoms with Gasteiger partial charge in [0, 0.05) is 6.54 Å². The highest BCUT2D eigenvalue weighted by molar-refractivity contribution is 5.96. The molecule has 0 heterocycles. The summed E-state index contributed by atoms with van der Waals surface area (Å²) in [6.07, 6.45) is 1.76. The molecule has 4 nitrogen and oxygen atoms in total. The third kappa shape index (κ3) is 4.81. The van der Waals surface area contributed by atoms with Crippen LogP contribution >= 0.6 is 0 Å². The normalized spacial score (nSPS) is 10.0. The maximum atomic E-state index is 12.1. The molecule has 1 N–H and O–H groups in total. The summed E-state index contributed by atoms with van der Waals surface area (Å²) in [6.45, 7) is 1.27. The van der Waals surface area contributed by atoms with Crippen LogP contribution in [0.3, 0.4) is 0 Å². The highest BCUT2D eigenvalue weighted by atomic mass is 16.5. The summed E-state index contributed by atoms with van der Waals surface area (Å²) < 4.78 is 10.8. The van der Waals surface area contributed by atoms with Crippen molar-refractivity contribution in [3.63, 3.8) is 0 Å². The van der Waals surface area contributed by atoms with Crippen LogP contribution in [-0.2, 0) is 0 Å². The molecule has 2 rings (SSSR count). The molecule has 0 unspecified atom stereocenters. The number of ether oxygens (including phenoxy) is 2. The van der Waals surface area contributed by atoms with Crippen molar-refractivity contribution in [3.05, 3.63) is 60.2 Å². The molecule has 0 radical (unpaired) electrons. The predicted octanol–water partition coefficient (Wildman–Crippen LogP) is 3.28. The zero-order valence-electron chi connectivity index (χ0n) is 12.7. The Kier molecular flexibility index (Phi) is 6.30. The van der Waals surface area contributed by atoms with Crippen molar-refractivity contribution in [2.75, 3.05) is 20.3 Å². The molecule has 4 heteroatoms. The number of amides is 1. The molecule has 22 heavy (non-hydrogen) atoms. The molecule has 0 bridgehead atoms. The van der Waals surface area contributed by atoms with Crippen molar-refractivity contribution in [2.24, 2.45) is 0 Å². The minimum Gasteiger partial charge on any atom is -0.496 e. The summed E-state index contributed by atoms with van der Waals surface area (Å²) >= 11 is 0. The van der Waals surface area contributed by atoms with Crippen molar-refractivity contribution < 1.29 is 14.3 Å². The summed E-state index contributed by atoms with van der Waals surface area (Å²) in [4.78, 5) is 12.1. The Morgan fingerprint density at radius 2 is 1.73 bits per heavy atom. The SMILES string of the molecule is COc1ccccc1C(=O)NCCCCOc1ccccc1. The molecule has 2 aromatic carbocycles. The van der Waals surface area contributed by atoms with Gasteiger partial charge >= 0.3 is 0 Å². The van der Waals surface area contributed by atoms with E-state index in [1.54, 1.807) is 19.2 Å². The van der Waals surface area contributed by atoms with Crippen LogP contribution in [0.4, 0.5) is 0 Å². The molecule has 116 valence electrons. The molecule has 1 amide bonds. The molecule has 0 saturated heterocycles. The Morgan fingerprint density at radius 3 is 2.50 bits per heavy atom. The summed E-state index contributed by atoms with van der Waals surface area (Å²) in [5, 5.41) is 2.90. The van der Waals surface area contributed by atoms with E-state index in [9.17, 15) is 4.79 Å². The lowest BCUT2D eigenvalue weighted by Crippen LogP contribution is -2.25. The topological polar surface area (TPSA) is 47.6 Å². The summed E-state index contributed by atoms with van der Waals surface area (Å²) in [6, 6.07) is 16.9. The Hall–Kier alpha value is -2.49. The highest BCUT2D eigenvalue weighted by Crippen LogP contribution is 2.16. The quantitative estimate of drug-likeness (QED) is 0.761. The van der Waals surface area contributed by atoms with Gasteiger partial charge in [-0.15, -0.1) is 0 Å². The van der Waals surface area contributed by atoms with Crippen LogP contribution < -0.4 is 14.8 Å². The number of hydrogen-bond acceptors (Lipinski definition) is 3. The molecule has 0 aliphatic rings. The molecule has 0 atom stereocenters. The van der Waals surface area contributed by atoms with E-state index >= 15 is 0 Å². The molecule has 2 aromatic rings. The molecule has 0 aliphatic carbocycles. The fourth-order valence-electron chi connectivity index (χ4n) is 2.06. The number of carbonyl (C=O) groups is 1. The lowest BCUT2D eigenvalue weighted by Gasteiger charge is -2.09. The Labute approximate surface area is 131 Å². The first-order valence-electron chi connectivity index (χ1n) is 7.40. The van der Waals surface area contributed by atoms with E-state index in [1.807, 2.05) is 42.5 Å². The first-order chi connectivity index (χ1) is 10.8. The highest BCUT2D eigenvalue weighted by Gasteiger charge is 2.10. The molecule has 0 spiro atoms. The molecule has 0 aliphatic heterocycles. The van der Waals surface area contributed by atoms with Crippen LogP contribution in [0.1, 0.15) is 23.2 Å². The van der Waals surface area contributed by atoms with E-state index in [4.69, 9.17) is 9.47 Å². The molecular formula is C18H21NO3. The van der Waals surface area contributed by atoms with Gasteiger partial charge < -0.3 is 14.8 Å². The van der Waals surface area contributed by atoms with Gasteiger partial charge in [-0.2, -0.15) is 0 Å². The van der Waals surface area contributed by atoms with Crippen LogP contribution in [-0.4, -0.2) is 26.2 Å². The largest absolute Gasteiger partial charge is 0.496 e. The van der Waals surface area contributed by atoms with Gasteiger partial charge in [0.2, 0.25) is 0 Å². The van der Waals surface area contributed by atoms with Gasteiger partial charge in [0.1, 0.15) is 11.5 Å². The number of para-hydroxylation sites is 2. The second-order valence-corrected chi connectivity index (χ2v) is 4.82. The van der Waals surface area contributed by atoms with Gasteiger partial charge in [-0.3, -0.25) is 4.79 Å². The van der Waals surface area contributed by atoms with Crippen molar-refractivity contribution in [1.82, 2.24) is 5.32 Å². The Morgan fingerprint density at radius 1 is 1.00 bits per heavy atom. The van der Waals surface area contributed by atoms with Gasteiger partial charge in [-0.1, -0.05) is 30.3 Å². The minimum atomic E-state index is -0.110. The van der Waals surface area contributed by atoms with E-state index in [2.05, 4.69) is 5.32 Å². The van der Waals surface area contributed by atoms with Gasteiger partial charge in [-0.05, 0) is 37.1 Å². The van der Waals surface area contributed by atoms with E-state index in [1.165, 1.54) is 0 Å². The van der Waals surface area contributed by atoms with Crippen LogP contribution in [0.25, 0.3) is 0 Å². The van der Waals surface area contributed by atoms with Crippen LogP contribution in [0, 0.1) is 0 Å². The van der Waals surface area contributed by atoms with Gasteiger partial charge in [-0.25, -0.2) is 0 Å². The standard InChI is InChI=1S/C18H21NO3/c1-21-17-12-6-5-11-16(17)18(20)19-13-7-8-14-22-15-9-3-2-4-10-15/h2-6,9-12H,7-8,13-14H2,1H3,(H,19,20). The Bertz CT molecular complexity index is 584. The third-order valence-corrected chi connectivity index (χ3v) is 3.22. The first kappa shape index (κ1) is 15.9. The zero-order valence-corrected chi connectivity index (χ0v) is 12.7. The van der Waals surface area contributed by atoms with Gasteiger partial charge in [0.15, 0.2) is 0 Å². The second kappa shape index (κ2) is 8.72. The maximum absolute atomic E-state index is 12.1. The lowest BCUT2D eigenvalue weighted by molar-refractivity contribution is 0.0949. The number of benzene rings is 2. The van der Waals surface area contributed by atoms with Crippen molar-refractivity contribution in [1.29, 1.82) is 0 Å². The van der Waals surface area contributed by atoms with Gasteiger partial charge in [0.25, 0.3) is 5.91 Å². The molecule has 0 aromatic heterocycles. The minimum absolute atomic E-state index is 0.110. The van der Waals surface area contributed by atoms with Gasteiger partial charge in [0.05, 0.1) is 19.3 Å². The van der Waals surface area contributed by atoms with Crippen LogP contribution in [0.5, 0.6) is 11.5 Å². The third-order valence-electron chi connectivity index (χ3n) is 3.22. The summed E-state index contributed by atoms with van der Waals surface area (Å²) in [7, 11) is 1.56. The van der Waals surface area contributed by atoms with E-state index in [0.717, 1.165) is 18.6 Å². The first-order valence-corrected chi connectivity index (χ1v) is 7.40. The average Bonchev–Trinajstić information content (AvgIpc) is 2.58. The van der Waals surface area contributed by atoms with Crippen LogP contribution in [0.15, 0.2) is 54.6 Å².